The van der Waals surface area contributed by atoms with E-state index in [1.165, 1.54) is 31.9 Å². The van der Waals surface area contributed by atoms with Crippen molar-refractivity contribution in [3.05, 3.63) is 9.06 Å². The van der Waals surface area contributed by atoms with Crippen LogP contribution in [0.25, 0.3) is 0 Å². The van der Waals surface area contributed by atoms with Crippen LogP contribution < -0.4 is 0 Å². The van der Waals surface area contributed by atoms with Crippen molar-refractivity contribution in [3.63, 3.8) is 0 Å². The SMILES string of the molecule is CCC/[C](=C(/CC)B(CC)CC)[Sn]([CH3])([CH3])[CH3]. The van der Waals surface area contributed by atoms with E-state index in [0.717, 1.165) is 6.71 Å². The van der Waals surface area contributed by atoms with E-state index in [0.29, 0.717) is 0 Å². The fourth-order valence-electron chi connectivity index (χ4n) is 2.80. The van der Waals surface area contributed by atoms with Gasteiger partial charge in [0.1, 0.15) is 0 Å². The molecule has 0 aliphatic carbocycles. The Bertz CT molecular complexity index is 221. The normalized spacial score (nSPS) is 13.7. The summed E-state index contributed by atoms with van der Waals surface area (Å²) >= 11 is -1.85. The minimum absolute atomic E-state index is 0.863. The molecule has 0 aromatic rings. The third-order valence-corrected chi connectivity index (χ3v) is 10.5. The number of hydrogen-bond donors (Lipinski definition) is 0. The van der Waals surface area contributed by atoms with Gasteiger partial charge >= 0.3 is 109 Å². The van der Waals surface area contributed by atoms with E-state index in [1.54, 1.807) is 0 Å². The van der Waals surface area contributed by atoms with E-state index in [1.807, 2.05) is 9.06 Å². The van der Waals surface area contributed by atoms with Crippen LogP contribution in [0.3, 0.4) is 0 Å². The van der Waals surface area contributed by atoms with Crippen molar-refractivity contribution in [1.29, 1.82) is 0 Å². The minimum atomic E-state index is -1.85. The van der Waals surface area contributed by atoms with Crippen LogP contribution in [0.5, 0.6) is 0 Å². The molecule has 0 fully saturated rings. The quantitative estimate of drug-likeness (QED) is 0.545. The molecule has 0 heterocycles. The second-order valence-electron chi connectivity index (χ2n) is 5.87. The maximum atomic E-state index is 2.58. The summed E-state index contributed by atoms with van der Waals surface area (Å²) in [6, 6.07) is 0. The van der Waals surface area contributed by atoms with E-state index in [-0.39, 0.29) is 0 Å². The van der Waals surface area contributed by atoms with Crippen molar-refractivity contribution in [2.24, 2.45) is 0 Å². The van der Waals surface area contributed by atoms with Crippen LogP contribution >= 0.6 is 0 Å². The van der Waals surface area contributed by atoms with Crippen molar-refractivity contribution in [2.45, 2.75) is 74.4 Å². The van der Waals surface area contributed by atoms with E-state index < -0.39 is 18.4 Å². The molecular weight excluding hydrogens is 298 g/mol. The Balaban J connectivity index is 5.30. The van der Waals surface area contributed by atoms with Gasteiger partial charge in [-0.2, -0.15) is 0 Å². The first-order chi connectivity index (χ1) is 7.42. The van der Waals surface area contributed by atoms with Gasteiger partial charge in [0.15, 0.2) is 0 Å². The average molecular weight is 329 g/mol. The Hall–Kier alpha value is 0.604. The van der Waals surface area contributed by atoms with Crippen LogP contribution in [0.1, 0.15) is 47.0 Å². The van der Waals surface area contributed by atoms with E-state index in [4.69, 9.17) is 0 Å². The summed E-state index contributed by atoms with van der Waals surface area (Å²) in [6.45, 7) is 10.3. The zero-order valence-corrected chi connectivity index (χ0v) is 15.5. The summed E-state index contributed by atoms with van der Waals surface area (Å²) in [5.74, 6) is 0. The molecule has 0 N–H and O–H groups in total. The molecule has 0 bridgehead atoms. The van der Waals surface area contributed by atoms with E-state index >= 15 is 0 Å². The Morgan fingerprint density at radius 3 is 1.69 bits per heavy atom. The molecular formula is C14H31BSn. The van der Waals surface area contributed by atoms with Crippen molar-refractivity contribution >= 4 is 25.1 Å². The molecule has 0 atom stereocenters. The fourth-order valence-corrected chi connectivity index (χ4v) is 9.49. The summed E-state index contributed by atoms with van der Waals surface area (Å²) in [6.07, 6.45) is 6.64. The summed E-state index contributed by atoms with van der Waals surface area (Å²) in [5.41, 5.74) is 1.84. The Labute approximate surface area is 108 Å². The Morgan fingerprint density at radius 1 is 0.938 bits per heavy atom. The monoisotopic (exact) mass is 330 g/mol. The van der Waals surface area contributed by atoms with Gasteiger partial charge in [-0.3, -0.25) is 0 Å². The van der Waals surface area contributed by atoms with Gasteiger partial charge in [0.05, 0.1) is 0 Å². The molecule has 0 rings (SSSR count). The summed E-state index contributed by atoms with van der Waals surface area (Å²) in [7, 11) is 0. The number of rotatable bonds is 7. The van der Waals surface area contributed by atoms with Crippen LogP contribution in [0.2, 0.25) is 27.5 Å². The molecule has 16 heavy (non-hydrogen) atoms. The van der Waals surface area contributed by atoms with Crippen molar-refractivity contribution < 1.29 is 0 Å². The second kappa shape index (κ2) is 7.84. The molecule has 94 valence electrons. The fraction of sp³-hybridized carbons (Fsp3) is 0.857. The molecule has 0 aromatic carbocycles. The molecule has 0 aliphatic heterocycles. The first-order valence-electron chi connectivity index (χ1n) is 7.14. The van der Waals surface area contributed by atoms with Gasteiger partial charge in [-0.15, -0.1) is 0 Å². The number of hydrogen-bond acceptors (Lipinski definition) is 0. The molecule has 0 unspecified atom stereocenters. The average Bonchev–Trinajstić information content (AvgIpc) is 2.21. The van der Waals surface area contributed by atoms with Crippen molar-refractivity contribution in [2.75, 3.05) is 0 Å². The summed E-state index contributed by atoms with van der Waals surface area (Å²) in [5, 5.41) is 0. The summed E-state index contributed by atoms with van der Waals surface area (Å²) in [4.78, 5) is 7.74. The Morgan fingerprint density at radius 2 is 1.44 bits per heavy atom. The molecule has 0 aliphatic rings. The van der Waals surface area contributed by atoms with Gasteiger partial charge < -0.3 is 0 Å². The standard InChI is InChI=1S/C11H22B.3CH3.Sn/c1-5-9-10-11(6-2)12(7-3)8-4;;;;/h5-9H2,1-4H3;3*1H3;. The van der Waals surface area contributed by atoms with Crippen LogP contribution in [-0.4, -0.2) is 25.1 Å². The maximum absolute atomic E-state index is 2.58. The van der Waals surface area contributed by atoms with Crippen molar-refractivity contribution in [1.82, 2.24) is 0 Å². The molecule has 0 amide bonds. The van der Waals surface area contributed by atoms with Crippen molar-refractivity contribution in [3.8, 4) is 0 Å². The van der Waals surface area contributed by atoms with Crippen LogP contribution in [0, 0.1) is 0 Å². The third-order valence-electron chi connectivity index (χ3n) is 3.65. The van der Waals surface area contributed by atoms with Crippen LogP contribution in [-0.2, 0) is 0 Å². The van der Waals surface area contributed by atoms with E-state index in [2.05, 4.69) is 42.5 Å². The predicted molar refractivity (Wildman–Crippen MR) is 82.3 cm³/mol. The molecule has 0 spiro atoms. The van der Waals surface area contributed by atoms with Gasteiger partial charge in [0, 0.05) is 0 Å². The van der Waals surface area contributed by atoms with Gasteiger partial charge in [-0.1, -0.05) is 0 Å². The van der Waals surface area contributed by atoms with Gasteiger partial charge in [-0.05, 0) is 0 Å². The molecule has 0 radical (unpaired) electrons. The zero-order valence-electron chi connectivity index (χ0n) is 12.6. The third kappa shape index (κ3) is 4.85. The van der Waals surface area contributed by atoms with E-state index in [9.17, 15) is 0 Å². The summed E-state index contributed by atoms with van der Waals surface area (Å²) < 4.78 is 1.94. The second-order valence-corrected chi connectivity index (χ2v) is 20.4. The van der Waals surface area contributed by atoms with Crippen LogP contribution in [0.15, 0.2) is 9.06 Å². The van der Waals surface area contributed by atoms with Gasteiger partial charge in [0.25, 0.3) is 0 Å². The Kier molecular flexibility index (Phi) is 8.13. The van der Waals surface area contributed by atoms with Gasteiger partial charge in [-0.25, -0.2) is 0 Å². The topological polar surface area (TPSA) is 0 Å². The zero-order chi connectivity index (χ0) is 12.8. The first-order valence-corrected chi connectivity index (χ1v) is 17.1. The van der Waals surface area contributed by atoms with Gasteiger partial charge in [0.2, 0.25) is 0 Å². The molecule has 2 heteroatoms. The van der Waals surface area contributed by atoms with Crippen LogP contribution in [0.4, 0.5) is 0 Å². The number of allylic oxidation sites excluding steroid dienone is 2. The molecule has 0 saturated heterocycles. The molecule has 0 aromatic heterocycles. The molecule has 0 saturated carbocycles. The first kappa shape index (κ1) is 16.6. The predicted octanol–water partition coefficient (Wildman–Crippen LogP) is 5.44. The molecule has 0 nitrogen and oxygen atoms in total.